The summed E-state index contributed by atoms with van der Waals surface area (Å²) in [6, 6.07) is 18.0. The smallest absolute Gasteiger partial charge is 0.326 e. The van der Waals surface area contributed by atoms with E-state index in [1.165, 1.54) is 17.0 Å². The van der Waals surface area contributed by atoms with E-state index < -0.39 is 0 Å². The third kappa shape index (κ3) is 3.89. The average molecular weight is 391 g/mol. The minimum atomic E-state index is -0.324. The molecule has 2 amide bonds. The second kappa shape index (κ2) is 7.63. The zero-order chi connectivity index (χ0) is 20.4. The van der Waals surface area contributed by atoms with E-state index in [0.29, 0.717) is 39.7 Å². The zero-order valence-electron chi connectivity index (χ0n) is 15.8. The van der Waals surface area contributed by atoms with Crippen LogP contribution in [0.5, 0.6) is 5.75 Å². The second-order valence-electron chi connectivity index (χ2n) is 6.40. The Hall–Kier alpha value is -3.87. The van der Waals surface area contributed by atoms with E-state index in [4.69, 9.17) is 9.15 Å². The lowest BCUT2D eigenvalue weighted by molar-refractivity contribution is 0.258. The number of carbonyl (C=O) groups is 1. The summed E-state index contributed by atoms with van der Waals surface area (Å²) < 4.78 is 24.1. The molecule has 0 aliphatic carbocycles. The number of nitrogens with one attached hydrogen (secondary N) is 1. The van der Waals surface area contributed by atoms with Crippen LogP contribution in [0.2, 0.25) is 0 Å². The number of urea groups is 1. The molecule has 6 nitrogen and oxygen atoms in total. The molecule has 0 fully saturated rings. The molecular weight excluding hydrogens is 373 g/mol. The zero-order valence-corrected chi connectivity index (χ0v) is 15.8. The van der Waals surface area contributed by atoms with Crippen molar-refractivity contribution in [2.75, 3.05) is 24.4 Å². The van der Waals surface area contributed by atoms with Crippen molar-refractivity contribution in [1.29, 1.82) is 0 Å². The first kappa shape index (κ1) is 18.5. The first-order valence-corrected chi connectivity index (χ1v) is 8.89. The number of halogens is 1. The molecule has 0 saturated heterocycles. The number of anilines is 2. The van der Waals surface area contributed by atoms with Crippen molar-refractivity contribution in [3.05, 3.63) is 72.5 Å². The Morgan fingerprint density at radius 2 is 1.90 bits per heavy atom. The fourth-order valence-electron chi connectivity index (χ4n) is 2.86. The van der Waals surface area contributed by atoms with Gasteiger partial charge in [0, 0.05) is 36.1 Å². The quantitative estimate of drug-likeness (QED) is 0.512. The number of carbonyl (C=O) groups excluding carboxylic acids is 1. The lowest BCUT2D eigenvalue weighted by Crippen LogP contribution is -2.31. The minimum Gasteiger partial charge on any atom is -0.497 e. The van der Waals surface area contributed by atoms with Crippen LogP contribution in [0.25, 0.3) is 22.6 Å². The highest BCUT2D eigenvalue weighted by Crippen LogP contribution is 2.27. The summed E-state index contributed by atoms with van der Waals surface area (Å²) in [5, 5.41) is 2.84. The molecule has 1 aromatic heterocycles. The van der Waals surface area contributed by atoms with Crippen molar-refractivity contribution < 1.29 is 18.3 Å². The molecule has 7 heteroatoms. The number of hydrogen-bond donors (Lipinski definition) is 1. The highest BCUT2D eigenvalue weighted by atomic mass is 19.1. The van der Waals surface area contributed by atoms with E-state index in [1.54, 1.807) is 50.6 Å². The Kier molecular flexibility index (Phi) is 4.87. The van der Waals surface area contributed by atoms with Gasteiger partial charge in [0.25, 0.3) is 0 Å². The van der Waals surface area contributed by atoms with Crippen LogP contribution in [0.4, 0.5) is 20.6 Å². The SMILES string of the molecule is COc1cccc(N(C)C(=O)Nc2ccc3nc(-c4ccc(F)cc4)oc3c2)c1. The van der Waals surface area contributed by atoms with E-state index in [1.807, 2.05) is 18.2 Å². The van der Waals surface area contributed by atoms with Gasteiger partial charge in [0.1, 0.15) is 17.1 Å². The molecule has 1 heterocycles. The van der Waals surface area contributed by atoms with E-state index >= 15 is 0 Å². The monoisotopic (exact) mass is 391 g/mol. The van der Waals surface area contributed by atoms with Gasteiger partial charge in [0.15, 0.2) is 5.58 Å². The molecule has 0 bridgehead atoms. The predicted molar refractivity (Wildman–Crippen MR) is 110 cm³/mol. The van der Waals surface area contributed by atoms with Crippen molar-refractivity contribution >= 4 is 28.5 Å². The Labute approximate surface area is 166 Å². The standard InChI is InChI=1S/C22H18FN3O3/c1-26(17-4-3-5-18(13-17)28-2)22(27)24-16-10-11-19-20(12-16)29-21(25-19)14-6-8-15(23)9-7-14/h3-13H,1-2H3,(H,24,27). The third-order valence-electron chi connectivity index (χ3n) is 4.48. The summed E-state index contributed by atoms with van der Waals surface area (Å²) in [6.45, 7) is 0. The van der Waals surface area contributed by atoms with Crippen molar-refractivity contribution in [3.63, 3.8) is 0 Å². The van der Waals surface area contributed by atoms with Crippen LogP contribution in [-0.4, -0.2) is 25.2 Å². The molecule has 4 aromatic rings. The summed E-state index contributed by atoms with van der Waals surface area (Å²) in [5.41, 5.74) is 3.10. The number of ether oxygens (including phenoxy) is 1. The van der Waals surface area contributed by atoms with Gasteiger partial charge in [-0.1, -0.05) is 6.07 Å². The van der Waals surface area contributed by atoms with Crippen LogP contribution in [0.1, 0.15) is 0 Å². The van der Waals surface area contributed by atoms with Crippen LogP contribution in [0.3, 0.4) is 0 Å². The topological polar surface area (TPSA) is 67.6 Å². The number of nitrogens with zero attached hydrogens (tertiary/aromatic N) is 2. The van der Waals surface area contributed by atoms with Crippen LogP contribution in [0, 0.1) is 5.82 Å². The van der Waals surface area contributed by atoms with E-state index in [0.717, 1.165) is 0 Å². The molecule has 146 valence electrons. The summed E-state index contributed by atoms with van der Waals surface area (Å²) >= 11 is 0. The largest absolute Gasteiger partial charge is 0.497 e. The Balaban J connectivity index is 1.54. The molecule has 0 atom stereocenters. The summed E-state index contributed by atoms with van der Waals surface area (Å²) in [6.07, 6.45) is 0. The number of fused-ring (bicyclic) bond motifs is 1. The number of amides is 2. The molecule has 0 spiro atoms. The van der Waals surface area contributed by atoms with Gasteiger partial charge in [-0.15, -0.1) is 0 Å². The molecule has 0 unspecified atom stereocenters. The molecule has 0 saturated carbocycles. The Morgan fingerprint density at radius 3 is 2.66 bits per heavy atom. The highest BCUT2D eigenvalue weighted by Gasteiger charge is 2.14. The van der Waals surface area contributed by atoms with Crippen LogP contribution in [-0.2, 0) is 0 Å². The van der Waals surface area contributed by atoms with Crippen LogP contribution in [0.15, 0.2) is 71.1 Å². The number of oxazole rings is 1. The molecule has 0 aliphatic rings. The van der Waals surface area contributed by atoms with Crippen LogP contribution < -0.4 is 15.0 Å². The molecule has 3 aromatic carbocycles. The van der Waals surface area contributed by atoms with E-state index in [2.05, 4.69) is 10.3 Å². The van der Waals surface area contributed by atoms with Gasteiger partial charge in [-0.25, -0.2) is 14.2 Å². The van der Waals surface area contributed by atoms with Crippen molar-refractivity contribution in [2.24, 2.45) is 0 Å². The van der Waals surface area contributed by atoms with Gasteiger partial charge in [-0.2, -0.15) is 0 Å². The molecule has 4 rings (SSSR count). The number of aromatic nitrogens is 1. The van der Waals surface area contributed by atoms with E-state index in [-0.39, 0.29) is 11.8 Å². The van der Waals surface area contributed by atoms with Gasteiger partial charge < -0.3 is 14.5 Å². The first-order chi connectivity index (χ1) is 14.0. The maximum Gasteiger partial charge on any atom is 0.326 e. The lowest BCUT2D eigenvalue weighted by atomic mass is 10.2. The summed E-state index contributed by atoms with van der Waals surface area (Å²) in [7, 11) is 3.25. The minimum absolute atomic E-state index is 0.309. The van der Waals surface area contributed by atoms with Gasteiger partial charge in [-0.05, 0) is 48.5 Å². The summed E-state index contributed by atoms with van der Waals surface area (Å²) in [5.74, 6) is 0.727. The van der Waals surface area contributed by atoms with Crippen molar-refractivity contribution in [1.82, 2.24) is 4.98 Å². The highest BCUT2D eigenvalue weighted by molar-refractivity contribution is 6.02. The van der Waals surface area contributed by atoms with Gasteiger partial charge >= 0.3 is 6.03 Å². The molecular formula is C22H18FN3O3. The molecule has 0 radical (unpaired) electrons. The summed E-state index contributed by atoms with van der Waals surface area (Å²) in [4.78, 5) is 18.5. The lowest BCUT2D eigenvalue weighted by Gasteiger charge is -2.18. The van der Waals surface area contributed by atoms with E-state index in [9.17, 15) is 9.18 Å². The molecule has 1 N–H and O–H groups in total. The van der Waals surface area contributed by atoms with Gasteiger partial charge in [-0.3, -0.25) is 4.90 Å². The third-order valence-corrected chi connectivity index (χ3v) is 4.48. The fraction of sp³-hybridized carbons (Fsp3) is 0.0909. The normalized spacial score (nSPS) is 10.7. The Bertz CT molecular complexity index is 1170. The number of methoxy groups -OCH3 is 1. The predicted octanol–water partition coefficient (Wildman–Crippen LogP) is 5.31. The first-order valence-electron chi connectivity index (χ1n) is 8.89. The van der Waals surface area contributed by atoms with Gasteiger partial charge in [0.05, 0.1) is 7.11 Å². The second-order valence-corrected chi connectivity index (χ2v) is 6.40. The fourth-order valence-corrected chi connectivity index (χ4v) is 2.86. The molecule has 29 heavy (non-hydrogen) atoms. The molecule has 0 aliphatic heterocycles. The number of hydrogen-bond acceptors (Lipinski definition) is 4. The van der Waals surface area contributed by atoms with Crippen molar-refractivity contribution in [2.45, 2.75) is 0 Å². The number of rotatable bonds is 4. The maximum absolute atomic E-state index is 13.1. The van der Waals surface area contributed by atoms with Gasteiger partial charge in [0.2, 0.25) is 5.89 Å². The number of benzene rings is 3. The Morgan fingerprint density at radius 1 is 1.10 bits per heavy atom. The maximum atomic E-state index is 13.1. The van der Waals surface area contributed by atoms with Crippen LogP contribution >= 0.6 is 0 Å². The average Bonchev–Trinajstić information content (AvgIpc) is 3.17. The van der Waals surface area contributed by atoms with Crippen molar-refractivity contribution in [3.8, 4) is 17.2 Å².